The first-order chi connectivity index (χ1) is 12.1. The highest BCUT2D eigenvalue weighted by Crippen LogP contribution is 2.54. The maximum Gasteiger partial charge on any atom is 0.303 e. The van der Waals surface area contributed by atoms with E-state index in [1.165, 1.54) is 36.8 Å². The molecule has 25 heavy (non-hydrogen) atoms. The number of carboxylic acids is 1. The summed E-state index contributed by atoms with van der Waals surface area (Å²) in [5.74, 6) is 3.11. The molecule has 2 bridgehead atoms. The lowest BCUT2D eigenvalue weighted by Crippen LogP contribution is -2.24. The van der Waals surface area contributed by atoms with E-state index in [4.69, 9.17) is 5.11 Å². The van der Waals surface area contributed by atoms with Crippen LogP contribution in [-0.2, 0) is 10.5 Å². The Morgan fingerprint density at radius 3 is 2.92 bits per heavy atom. The van der Waals surface area contributed by atoms with Crippen LogP contribution in [0.2, 0.25) is 0 Å². The summed E-state index contributed by atoms with van der Waals surface area (Å²) in [7, 11) is 0. The minimum atomic E-state index is -0.686. The summed E-state index contributed by atoms with van der Waals surface area (Å²) in [6, 6.07) is 8.91. The molecule has 1 aromatic rings. The number of benzene rings is 1. The number of thioether (sulfide) groups is 1. The Bertz CT molecular complexity index is 610. The molecule has 0 aromatic heterocycles. The van der Waals surface area contributed by atoms with Gasteiger partial charge in [-0.25, -0.2) is 0 Å². The lowest BCUT2D eigenvalue weighted by Gasteiger charge is -2.30. The van der Waals surface area contributed by atoms with Crippen LogP contribution in [-0.4, -0.2) is 16.3 Å². The van der Waals surface area contributed by atoms with Crippen molar-refractivity contribution in [1.82, 2.24) is 0 Å². The Morgan fingerprint density at radius 2 is 2.12 bits per heavy atom. The average Bonchev–Trinajstić information content (AvgIpc) is 3.17. The van der Waals surface area contributed by atoms with Crippen LogP contribution < -0.4 is 0 Å². The fraction of sp³-hybridized carbons (Fsp3) is 0.591. The molecule has 2 nitrogen and oxygen atoms in total. The number of allylic oxidation sites excluding steroid dienone is 2. The predicted molar refractivity (Wildman–Crippen MR) is 106 cm³/mol. The van der Waals surface area contributed by atoms with Crippen molar-refractivity contribution in [3.05, 3.63) is 47.5 Å². The second-order valence-electron chi connectivity index (χ2n) is 7.75. The minimum Gasteiger partial charge on any atom is -0.481 e. The van der Waals surface area contributed by atoms with Gasteiger partial charge in [0.2, 0.25) is 0 Å². The largest absolute Gasteiger partial charge is 0.481 e. The first-order valence-corrected chi connectivity index (χ1v) is 10.7. The molecule has 3 heteroatoms. The molecule has 1 aromatic carbocycles. The van der Waals surface area contributed by atoms with Crippen LogP contribution in [0.3, 0.4) is 0 Å². The Labute approximate surface area is 156 Å². The van der Waals surface area contributed by atoms with Gasteiger partial charge in [-0.15, -0.1) is 0 Å². The number of carboxylic acid groups (broad SMARTS) is 1. The van der Waals surface area contributed by atoms with Crippen molar-refractivity contribution >= 4 is 17.7 Å². The van der Waals surface area contributed by atoms with Crippen molar-refractivity contribution in [1.29, 1.82) is 0 Å². The summed E-state index contributed by atoms with van der Waals surface area (Å²) in [5, 5.41) is 9.50. The van der Waals surface area contributed by atoms with Gasteiger partial charge in [-0.1, -0.05) is 42.0 Å². The van der Waals surface area contributed by atoms with Gasteiger partial charge in [0.1, 0.15) is 0 Å². The van der Waals surface area contributed by atoms with Gasteiger partial charge in [0, 0.05) is 17.4 Å². The molecular formula is C22H30O2S. The Balaban J connectivity index is 1.49. The summed E-state index contributed by atoms with van der Waals surface area (Å²) in [5.41, 5.74) is 2.81. The van der Waals surface area contributed by atoms with Crippen molar-refractivity contribution in [2.45, 2.75) is 62.9 Å². The SMILES string of the molecule is Cc1cccc(CS[C@H]2[C@H]3CC[C@H](C3)[C@H]2C/C=C\CCCC(=O)O)c1. The molecule has 136 valence electrons. The quantitative estimate of drug-likeness (QED) is 0.445. The number of carbonyl (C=O) groups is 1. The van der Waals surface area contributed by atoms with Crippen molar-refractivity contribution in [2.24, 2.45) is 17.8 Å². The van der Waals surface area contributed by atoms with Gasteiger partial charge < -0.3 is 5.11 Å². The fourth-order valence-electron chi connectivity index (χ4n) is 4.68. The molecule has 0 heterocycles. The monoisotopic (exact) mass is 358 g/mol. The van der Waals surface area contributed by atoms with Gasteiger partial charge in [-0.05, 0) is 68.8 Å². The second kappa shape index (κ2) is 8.93. The van der Waals surface area contributed by atoms with E-state index in [1.807, 2.05) is 0 Å². The molecule has 0 aliphatic heterocycles. The normalized spacial score (nSPS) is 28.0. The van der Waals surface area contributed by atoms with E-state index < -0.39 is 5.97 Å². The van der Waals surface area contributed by atoms with E-state index >= 15 is 0 Å². The van der Waals surface area contributed by atoms with Crippen LogP contribution in [0.15, 0.2) is 36.4 Å². The lowest BCUT2D eigenvalue weighted by atomic mass is 9.86. The fourth-order valence-corrected chi connectivity index (χ4v) is 6.35. The van der Waals surface area contributed by atoms with Crippen LogP contribution in [0.4, 0.5) is 0 Å². The highest BCUT2D eigenvalue weighted by Gasteiger charge is 2.46. The summed E-state index contributed by atoms with van der Waals surface area (Å²) < 4.78 is 0. The molecular weight excluding hydrogens is 328 g/mol. The zero-order valence-corrected chi connectivity index (χ0v) is 16.0. The van der Waals surface area contributed by atoms with Crippen molar-refractivity contribution < 1.29 is 9.90 Å². The number of rotatable bonds is 9. The molecule has 1 N–H and O–H groups in total. The van der Waals surface area contributed by atoms with E-state index in [1.54, 1.807) is 0 Å². The van der Waals surface area contributed by atoms with Gasteiger partial charge in [-0.3, -0.25) is 4.79 Å². The lowest BCUT2D eigenvalue weighted by molar-refractivity contribution is -0.137. The number of unbranched alkanes of at least 4 members (excludes halogenated alkanes) is 1. The molecule has 2 saturated carbocycles. The topological polar surface area (TPSA) is 37.3 Å². The van der Waals surface area contributed by atoms with E-state index in [2.05, 4.69) is 55.1 Å². The molecule has 0 radical (unpaired) electrons. The summed E-state index contributed by atoms with van der Waals surface area (Å²) in [6.45, 7) is 2.17. The molecule has 2 aliphatic carbocycles. The Hall–Kier alpha value is -1.22. The van der Waals surface area contributed by atoms with Crippen LogP contribution in [0.25, 0.3) is 0 Å². The molecule has 2 aliphatic rings. The Kier molecular flexibility index (Phi) is 6.63. The van der Waals surface area contributed by atoms with Crippen LogP contribution >= 0.6 is 11.8 Å². The van der Waals surface area contributed by atoms with E-state index in [-0.39, 0.29) is 6.42 Å². The molecule has 0 amide bonds. The van der Waals surface area contributed by atoms with Crippen molar-refractivity contribution in [3.63, 3.8) is 0 Å². The van der Waals surface area contributed by atoms with Crippen molar-refractivity contribution in [3.8, 4) is 0 Å². The van der Waals surface area contributed by atoms with Gasteiger partial charge in [0.25, 0.3) is 0 Å². The third-order valence-corrected chi connectivity index (χ3v) is 7.49. The molecule has 0 spiro atoms. The second-order valence-corrected chi connectivity index (χ2v) is 8.92. The first kappa shape index (κ1) is 18.6. The van der Waals surface area contributed by atoms with Crippen LogP contribution in [0.5, 0.6) is 0 Å². The highest BCUT2D eigenvalue weighted by molar-refractivity contribution is 7.99. The number of fused-ring (bicyclic) bond motifs is 2. The first-order valence-electron chi connectivity index (χ1n) is 9.67. The Morgan fingerprint density at radius 1 is 1.28 bits per heavy atom. The van der Waals surface area contributed by atoms with Gasteiger partial charge in [0.15, 0.2) is 0 Å². The summed E-state index contributed by atoms with van der Waals surface area (Å²) >= 11 is 2.18. The molecule has 3 rings (SSSR count). The van der Waals surface area contributed by atoms with Gasteiger partial charge in [-0.2, -0.15) is 11.8 Å². The summed E-state index contributed by atoms with van der Waals surface area (Å²) in [4.78, 5) is 10.6. The van der Waals surface area contributed by atoms with Gasteiger partial charge in [0.05, 0.1) is 0 Å². The summed E-state index contributed by atoms with van der Waals surface area (Å²) in [6.07, 6.45) is 11.9. The number of hydrogen-bond acceptors (Lipinski definition) is 2. The zero-order chi connectivity index (χ0) is 17.6. The average molecular weight is 359 g/mol. The molecule has 2 fully saturated rings. The maximum atomic E-state index is 10.6. The van der Waals surface area contributed by atoms with E-state index in [9.17, 15) is 4.79 Å². The molecule has 0 unspecified atom stereocenters. The van der Waals surface area contributed by atoms with E-state index in [0.29, 0.717) is 0 Å². The highest BCUT2D eigenvalue weighted by atomic mass is 32.2. The van der Waals surface area contributed by atoms with Crippen LogP contribution in [0.1, 0.15) is 56.1 Å². The molecule has 0 saturated heterocycles. The standard InChI is InChI=1S/C22H30O2S/c1-16-7-6-8-17(13-16)15-25-22-19-12-11-18(14-19)20(22)9-4-2-3-5-10-21(23)24/h2,4,6-8,13,18-20,22H,3,5,9-12,14-15H2,1H3,(H,23,24)/b4-2-/t18-,19+,20-,22+/m1/s1. The minimum absolute atomic E-state index is 0.285. The smallest absolute Gasteiger partial charge is 0.303 e. The number of aliphatic carboxylic acids is 1. The molecule has 4 atom stereocenters. The number of hydrogen-bond donors (Lipinski definition) is 1. The predicted octanol–water partition coefficient (Wildman–Crippen LogP) is 5.84. The van der Waals surface area contributed by atoms with Crippen molar-refractivity contribution in [2.75, 3.05) is 0 Å². The zero-order valence-electron chi connectivity index (χ0n) is 15.2. The van der Waals surface area contributed by atoms with Crippen LogP contribution in [0, 0.1) is 24.7 Å². The third-order valence-electron chi connectivity index (χ3n) is 5.87. The van der Waals surface area contributed by atoms with E-state index in [0.717, 1.165) is 41.6 Å². The van der Waals surface area contributed by atoms with Gasteiger partial charge >= 0.3 is 5.97 Å². The maximum absolute atomic E-state index is 10.6. The number of aryl methyl sites for hydroxylation is 1. The third kappa shape index (κ3) is 5.13.